The Hall–Kier alpha value is -1.92. The van der Waals surface area contributed by atoms with Crippen LogP contribution in [0.2, 0.25) is 0 Å². The largest absolute Gasteiger partial charge is 0.326 e. The summed E-state index contributed by atoms with van der Waals surface area (Å²) in [4.78, 5) is 4.01. The molecule has 0 aliphatic heterocycles. The molecule has 1 aromatic heterocycles. The van der Waals surface area contributed by atoms with Crippen LogP contribution in [0.25, 0.3) is 0 Å². The number of hydrogen-bond acceptors (Lipinski definition) is 4. The van der Waals surface area contributed by atoms with Gasteiger partial charge in [0.15, 0.2) is 5.03 Å². The number of nitrogens with two attached hydrogens (primary N) is 1. The van der Waals surface area contributed by atoms with Gasteiger partial charge in [-0.1, -0.05) is 23.8 Å². The van der Waals surface area contributed by atoms with Gasteiger partial charge in [0.2, 0.25) is 0 Å². The standard InChI is InChI=1S/C15H19N3O2S/c1-11-4-6-14(12(2)8-11)18(3)21(19,20)15-7-5-13(9-16)10-17-15/h4-8,10H,9,16H2,1-3H3. The van der Waals surface area contributed by atoms with E-state index in [4.69, 9.17) is 5.73 Å². The van der Waals surface area contributed by atoms with Crippen LogP contribution in [0.1, 0.15) is 16.7 Å². The summed E-state index contributed by atoms with van der Waals surface area (Å²) in [5.74, 6) is 0. The SMILES string of the molecule is Cc1ccc(N(C)S(=O)(=O)c2ccc(CN)cn2)c(C)c1. The van der Waals surface area contributed by atoms with Crippen LogP contribution < -0.4 is 10.0 Å². The first-order valence-electron chi connectivity index (χ1n) is 6.57. The van der Waals surface area contributed by atoms with Gasteiger partial charge in [-0.3, -0.25) is 4.31 Å². The van der Waals surface area contributed by atoms with E-state index in [1.165, 1.54) is 23.6 Å². The molecule has 0 atom stereocenters. The van der Waals surface area contributed by atoms with Gasteiger partial charge in [-0.05, 0) is 37.1 Å². The zero-order valence-corrected chi connectivity index (χ0v) is 13.2. The van der Waals surface area contributed by atoms with Crippen molar-refractivity contribution in [2.45, 2.75) is 25.4 Å². The van der Waals surface area contributed by atoms with Gasteiger partial charge in [0.25, 0.3) is 10.0 Å². The second-order valence-corrected chi connectivity index (χ2v) is 6.89. The average molecular weight is 305 g/mol. The van der Waals surface area contributed by atoms with E-state index in [0.29, 0.717) is 12.2 Å². The first-order valence-corrected chi connectivity index (χ1v) is 8.01. The van der Waals surface area contributed by atoms with E-state index in [0.717, 1.165) is 16.7 Å². The fourth-order valence-electron chi connectivity index (χ4n) is 2.11. The first kappa shape index (κ1) is 15.5. The Morgan fingerprint density at radius 1 is 1.19 bits per heavy atom. The molecule has 0 radical (unpaired) electrons. The molecule has 0 amide bonds. The highest BCUT2D eigenvalue weighted by Gasteiger charge is 2.23. The number of aromatic nitrogens is 1. The van der Waals surface area contributed by atoms with Crippen LogP contribution in [-0.2, 0) is 16.6 Å². The number of hydrogen-bond donors (Lipinski definition) is 1. The maximum absolute atomic E-state index is 12.6. The third-order valence-corrected chi connectivity index (χ3v) is 5.04. The Morgan fingerprint density at radius 2 is 1.90 bits per heavy atom. The van der Waals surface area contributed by atoms with Crippen LogP contribution in [0.15, 0.2) is 41.6 Å². The Bertz CT molecular complexity index is 740. The van der Waals surface area contributed by atoms with Gasteiger partial charge >= 0.3 is 0 Å². The summed E-state index contributed by atoms with van der Waals surface area (Å²) in [6.07, 6.45) is 1.49. The lowest BCUT2D eigenvalue weighted by molar-refractivity contribution is 0.590. The molecule has 0 saturated carbocycles. The van der Waals surface area contributed by atoms with Crippen molar-refractivity contribution in [1.29, 1.82) is 0 Å². The molecule has 5 nitrogen and oxygen atoms in total. The minimum atomic E-state index is -3.67. The maximum atomic E-state index is 12.6. The van der Waals surface area contributed by atoms with Crippen molar-refractivity contribution in [1.82, 2.24) is 4.98 Å². The van der Waals surface area contributed by atoms with Crippen molar-refractivity contribution in [3.05, 3.63) is 53.2 Å². The summed E-state index contributed by atoms with van der Waals surface area (Å²) < 4.78 is 26.5. The topological polar surface area (TPSA) is 76.3 Å². The normalized spacial score (nSPS) is 11.4. The molecule has 1 aromatic carbocycles. The van der Waals surface area contributed by atoms with Crippen LogP contribution in [0, 0.1) is 13.8 Å². The number of rotatable bonds is 4. The highest BCUT2D eigenvalue weighted by Crippen LogP contribution is 2.25. The summed E-state index contributed by atoms with van der Waals surface area (Å²) in [6, 6.07) is 8.80. The minimum Gasteiger partial charge on any atom is -0.326 e. The van der Waals surface area contributed by atoms with Gasteiger partial charge in [-0.2, -0.15) is 8.42 Å². The molecule has 6 heteroatoms. The number of aryl methyl sites for hydroxylation is 2. The summed E-state index contributed by atoms with van der Waals surface area (Å²) >= 11 is 0. The fourth-order valence-corrected chi connectivity index (χ4v) is 3.28. The summed E-state index contributed by atoms with van der Waals surface area (Å²) in [7, 11) is -2.14. The van der Waals surface area contributed by atoms with Crippen molar-refractivity contribution in [3.8, 4) is 0 Å². The Balaban J connectivity index is 2.42. The predicted octanol–water partition coefficient (Wildman–Crippen LogP) is 1.98. The van der Waals surface area contributed by atoms with Gasteiger partial charge in [-0.25, -0.2) is 4.98 Å². The molecule has 0 saturated heterocycles. The second kappa shape index (κ2) is 5.83. The van der Waals surface area contributed by atoms with Gasteiger partial charge in [0.1, 0.15) is 0 Å². The predicted molar refractivity (Wildman–Crippen MR) is 83.6 cm³/mol. The minimum absolute atomic E-state index is 0.0159. The molecule has 0 bridgehead atoms. The van der Waals surface area contributed by atoms with Crippen LogP contribution in [0.4, 0.5) is 5.69 Å². The van der Waals surface area contributed by atoms with E-state index in [9.17, 15) is 8.42 Å². The number of sulfonamides is 1. The molecule has 112 valence electrons. The Labute approximate surface area is 125 Å². The van der Waals surface area contributed by atoms with E-state index in [-0.39, 0.29) is 5.03 Å². The molecule has 0 aliphatic carbocycles. The zero-order chi connectivity index (χ0) is 15.6. The molecule has 0 aliphatic rings. The zero-order valence-electron chi connectivity index (χ0n) is 12.4. The number of anilines is 1. The number of pyridine rings is 1. The van der Waals surface area contributed by atoms with E-state index in [2.05, 4.69) is 4.98 Å². The molecule has 2 rings (SSSR count). The second-order valence-electron chi connectivity index (χ2n) is 4.97. The summed E-state index contributed by atoms with van der Waals surface area (Å²) in [5, 5.41) is 0.0159. The number of nitrogens with zero attached hydrogens (tertiary/aromatic N) is 2. The maximum Gasteiger partial charge on any atom is 0.281 e. The van der Waals surface area contributed by atoms with E-state index < -0.39 is 10.0 Å². The lowest BCUT2D eigenvalue weighted by Gasteiger charge is -2.21. The third-order valence-electron chi connectivity index (χ3n) is 3.35. The van der Waals surface area contributed by atoms with Crippen molar-refractivity contribution in [3.63, 3.8) is 0 Å². The van der Waals surface area contributed by atoms with Crippen LogP contribution in [-0.4, -0.2) is 20.4 Å². The first-order chi connectivity index (χ1) is 9.86. The quantitative estimate of drug-likeness (QED) is 0.937. The van der Waals surface area contributed by atoms with Gasteiger partial charge in [0.05, 0.1) is 5.69 Å². The van der Waals surface area contributed by atoms with E-state index >= 15 is 0 Å². The molecular formula is C15H19N3O2S. The van der Waals surface area contributed by atoms with Gasteiger partial charge in [-0.15, -0.1) is 0 Å². The van der Waals surface area contributed by atoms with E-state index in [1.54, 1.807) is 12.1 Å². The van der Waals surface area contributed by atoms with Crippen molar-refractivity contribution >= 4 is 15.7 Å². The van der Waals surface area contributed by atoms with Gasteiger partial charge in [0, 0.05) is 19.8 Å². The molecule has 0 spiro atoms. The smallest absolute Gasteiger partial charge is 0.281 e. The third kappa shape index (κ3) is 3.06. The molecule has 2 N–H and O–H groups in total. The lowest BCUT2D eigenvalue weighted by Crippen LogP contribution is -2.28. The molecular weight excluding hydrogens is 286 g/mol. The monoisotopic (exact) mass is 305 g/mol. The molecule has 21 heavy (non-hydrogen) atoms. The van der Waals surface area contributed by atoms with Crippen molar-refractivity contribution in [2.75, 3.05) is 11.4 Å². The summed E-state index contributed by atoms with van der Waals surface area (Å²) in [5.41, 5.74) is 8.93. The summed E-state index contributed by atoms with van der Waals surface area (Å²) in [6.45, 7) is 4.19. The van der Waals surface area contributed by atoms with Crippen LogP contribution in [0.3, 0.4) is 0 Å². The van der Waals surface area contributed by atoms with Gasteiger partial charge < -0.3 is 5.73 Å². The lowest BCUT2D eigenvalue weighted by atomic mass is 10.1. The van der Waals surface area contributed by atoms with Crippen molar-refractivity contribution < 1.29 is 8.42 Å². The molecule has 2 aromatic rings. The average Bonchev–Trinajstić information content (AvgIpc) is 2.46. The Kier molecular flexibility index (Phi) is 4.29. The highest BCUT2D eigenvalue weighted by molar-refractivity contribution is 7.92. The van der Waals surface area contributed by atoms with Crippen LogP contribution in [0.5, 0.6) is 0 Å². The van der Waals surface area contributed by atoms with Crippen LogP contribution >= 0.6 is 0 Å². The molecule has 1 heterocycles. The Morgan fingerprint density at radius 3 is 2.43 bits per heavy atom. The molecule has 0 fully saturated rings. The number of benzene rings is 1. The highest BCUT2D eigenvalue weighted by atomic mass is 32.2. The molecule has 0 unspecified atom stereocenters. The van der Waals surface area contributed by atoms with Crippen molar-refractivity contribution in [2.24, 2.45) is 5.73 Å². The van der Waals surface area contributed by atoms with E-state index in [1.807, 2.05) is 26.0 Å². The fraction of sp³-hybridized carbons (Fsp3) is 0.267.